The van der Waals surface area contributed by atoms with Gasteiger partial charge in [0.15, 0.2) is 0 Å². The molecule has 152 valence electrons. The van der Waals surface area contributed by atoms with Crippen LogP contribution in [-0.2, 0) is 11.2 Å². The number of anilines is 1. The number of carbonyl (C=O) groups excluding carboxylic acids is 1. The van der Waals surface area contributed by atoms with Crippen LogP contribution in [0.1, 0.15) is 63.3 Å². The van der Waals surface area contributed by atoms with Crippen molar-refractivity contribution in [3.05, 3.63) is 41.7 Å². The summed E-state index contributed by atoms with van der Waals surface area (Å²) in [5.41, 5.74) is 1.25. The van der Waals surface area contributed by atoms with Gasteiger partial charge in [0.05, 0.1) is 0 Å². The quantitative estimate of drug-likeness (QED) is 0.599. The summed E-state index contributed by atoms with van der Waals surface area (Å²) in [5, 5.41) is 4.16. The standard InChI is InChI=1S/C22H32N4OS/c1-2-3-4-8-11-21(27)23-17-19-12-14-26(15-13-19)22-24-20(25-28-22)16-18-9-6-5-7-10-18/h5-7,9-10,19H,2-4,8,11-17H2,1H3,(H,23,27). The van der Waals surface area contributed by atoms with Crippen molar-refractivity contribution in [2.24, 2.45) is 5.92 Å². The van der Waals surface area contributed by atoms with Crippen molar-refractivity contribution in [2.45, 2.75) is 58.3 Å². The van der Waals surface area contributed by atoms with E-state index in [-0.39, 0.29) is 5.91 Å². The lowest BCUT2D eigenvalue weighted by Crippen LogP contribution is -2.38. The van der Waals surface area contributed by atoms with Crippen LogP contribution in [0.25, 0.3) is 0 Å². The van der Waals surface area contributed by atoms with Crippen LogP contribution in [0.5, 0.6) is 0 Å². The highest BCUT2D eigenvalue weighted by molar-refractivity contribution is 7.09. The molecule has 0 unspecified atom stereocenters. The van der Waals surface area contributed by atoms with Crippen LogP contribution >= 0.6 is 11.5 Å². The number of nitrogens with one attached hydrogen (secondary N) is 1. The van der Waals surface area contributed by atoms with Crippen LogP contribution in [-0.4, -0.2) is 34.9 Å². The fourth-order valence-corrected chi connectivity index (χ4v) is 4.35. The second-order valence-electron chi connectivity index (χ2n) is 7.70. The Hall–Kier alpha value is -1.95. The average Bonchev–Trinajstić information content (AvgIpc) is 3.19. The van der Waals surface area contributed by atoms with Gasteiger partial charge in [-0.05, 0) is 30.7 Å². The minimum Gasteiger partial charge on any atom is -0.356 e. The molecule has 1 fully saturated rings. The number of piperidine rings is 1. The van der Waals surface area contributed by atoms with Crippen molar-refractivity contribution in [3.63, 3.8) is 0 Å². The van der Waals surface area contributed by atoms with Crippen LogP contribution in [0, 0.1) is 5.92 Å². The molecule has 0 spiro atoms. The lowest BCUT2D eigenvalue weighted by molar-refractivity contribution is -0.121. The Morgan fingerprint density at radius 3 is 2.71 bits per heavy atom. The van der Waals surface area contributed by atoms with E-state index in [0.717, 1.165) is 62.7 Å². The summed E-state index contributed by atoms with van der Waals surface area (Å²) in [6.07, 6.45) is 8.28. The molecule has 0 aliphatic carbocycles. The molecular weight excluding hydrogens is 368 g/mol. The summed E-state index contributed by atoms with van der Waals surface area (Å²) < 4.78 is 4.54. The first kappa shape index (κ1) is 20.8. The lowest BCUT2D eigenvalue weighted by Gasteiger charge is -2.31. The molecule has 3 rings (SSSR count). The first-order chi connectivity index (χ1) is 13.7. The SMILES string of the molecule is CCCCCCC(=O)NCC1CCN(c2nc(Cc3ccccc3)ns2)CC1. The molecule has 28 heavy (non-hydrogen) atoms. The molecule has 1 aliphatic heterocycles. The summed E-state index contributed by atoms with van der Waals surface area (Å²) in [5.74, 6) is 1.70. The molecule has 2 heterocycles. The Labute approximate surface area is 172 Å². The maximum Gasteiger partial charge on any atom is 0.220 e. The second kappa shape index (κ2) is 11.1. The van der Waals surface area contributed by atoms with Crippen LogP contribution in [0.4, 0.5) is 5.13 Å². The molecule has 0 atom stereocenters. The minimum absolute atomic E-state index is 0.216. The van der Waals surface area contributed by atoms with Gasteiger partial charge in [-0.2, -0.15) is 4.37 Å². The van der Waals surface area contributed by atoms with Gasteiger partial charge in [0, 0.05) is 44.0 Å². The predicted molar refractivity (Wildman–Crippen MR) is 116 cm³/mol. The van der Waals surface area contributed by atoms with Crippen molar-refractivity contribution in [1.82, 2.24) is 14.7 Å². The zero-order chi connectivity index (χ0) is 19.6. The lowest BCUT2D eigenvalue weighted by atomic mass is 9.97. The number of amides is 1. The van der Waals surface area contributed by atoms with E-state index in [1.54, 1.807) is 0 Å². The Morgan fingerprint density at radius 2 is 1.96 bits per heavy atom. The molecule has 5 nitrogen and oxygen atoms in total. The first-order valence-electron chi connectivity index (χ1n) is 10.6. The van der Waals surface area contributed by atoms with E-state index in [9.17, 15) is 4.79 Å². The fraction of sp³-hybridized carbons (Fsp3) is 0.591. The molecule has 1 amide bonds. The third-order valence-electron chi connectivity index (χ3n) is 5.39. The van der Waals surface area contributed by atoms with Gasteiger partial charge in [0.2, 0.25) is 11.0 Å². The molecule has 1 aromatic carbocycles. The number of benzene rings is 1. The van der Waals surface area contributed by atoms with Gasteiger partial charge in [-0.3, -0.25) is 4.79 Å². The van der Waals surface area contributed by atoms with E-state index in [1.165, 1.54) is 29.9 Å². The van der Waals surface area contributed by atoms with Gasteiger partial charge in [0.25, 0.3) is 0 Å². The van der Waals surface area contributed by atoms with Gasteiger partial charge in [0.1, 0.15) is 5.82 Å². The van der Waals surface area contributed by atoms with E-state index < -0.39 is 0 Å². The molecule has 0 saturated carbocycles. The Balaban J connectivity index is 1.37. The van der Waals surface area contributed by atoms with Crippen molar-refractivity contribution < 1.29 is 4.79 Å². The molecule has 1 N–H and O–H groups in total. The van der Waals surface area contributed by atoms with Gasteiger partial charge >= 0.3 is 0 Å². The highest BCUT2D eigenvalue weighted by Gasteiger charge is 2.22. The zero-order valence-electron chi connectivity index (χ0n) is 16.9. The summed E-state index contributed by atoms with van der Waals surface area (Å²) in [6, 6.07) is 10.4. The van der Waals surface area contributed by atoms with Crippen LogP contribution in [0.15, 0.2) is 30.3 Å². The normalized spacial score (nSPS) is 15.0. The number of unbranched alkanes of at least 4 members (excludes halogenated alkanes) is 3. The molecular formula is C22H32N4OS. The third kappa shape index (κ3) is 6.59. The van der Waals surface area contributed by atoms with Gasteiger partial charge < -0.3 is 10.2 Å². The van der Waals surface area contributed by atoms with E-state index in [4.69, 9.17) is 4.98 Å². The summed E-state index contributed by atoms with van der Waals surface area (Å²) >= 11 is 1.50. The molecule has 1 aliphatic rings. The zero-order valence-corrected chi connectivity index (χ0v) is 17.7. The number of rotatable bonds is 10. The van der Waals surface area contributed by atoms with Crippen molar-refractivity contribution >= 4 is 22.6 Å². The average molecular weight is 401 g/mol. The highest BCUT2D eigenvalue weighted by Crippen LogP contribution is 2.25. The number of hydrogen-bond acceptors (Lipinski definition) is 5. The number of hydrogen-bond donors (Lipinski definition) is 1. The maximum absolute atomic E-state index is 11.9. The van der Waals surface area contributed by atoms with Gasteiger partial charge in [-0.15, -0.1) is 0 Å². The molecule has 0 radical (unpaired) electrons. The second-order valence-corrected chi connectivity index (χ2v) is 8.43. The maximum atomic E-state index is 11.9. The first-order valence-corrected chi connectivity index (χ1v) is 11.4. The Morgan fingerprint density at radius 1 is 1.18 bits per heavy atom. The van der Waals surface area contributed by atoms with Crippen LogP contribution in [0.2, 0.25) is 0 Å². The monoisotopic (exact) mass is 400 g/mol. The Bertz CT molecular complexity index is 710. The molecule has 2 aromatic rings. The smallest absolute Gasteiger partial charge is 0.220 e. The summed E-state index contributed by atoms with van der Waals surface area (Å²) in [4.78, 5) is 19.0. The van der Waals surface area contributed by atoms with Crippen molar-refractivity contribution in [2.75, 3.05) is 24.5 Å². The van der Waals surface area contributed by atoms with Crippen LogP contribution in [0.3, 0.4) is 0 Å². The topological polar surface area (TPSA) is 58.1 Å². The minimum atomic E-state index is 0.216. The molecule has 1 aromatic heterocycles. The van der Waals surface area contributed by atoms with E-state index in [0.29, 0.717) is 12.3 Å². The molecule has 1 saturated heterocycles. The summed E-state index contributed by atoms with van der Waals surface area (Å²) in [7, 11) is 0. The van der Waals surface area contributed by atoms with Gasteiger partial charge in [-0.25, -0.2) is 4.98 Å². The van der Waals surface area contributed by atoms with Crippen LogP contribution < -0.4 is 10.2 Å². The highest BCUT2D eigenvalue weighted by atomic mass is 32.1. The van der Waals surface area contributed by atoms with Crippen molar-refractivity contribution in [1.29, 1.82) is 0 Å². The number of carbonyl (C=O) groups is 1. The molecule has 6 heteroatoms. The van der Waals surface area contributed by atoms with Crippen molar-refractivity contribution in [3.8, 4) is 0 Å². The molecule has 0 bridgehead atoms. The van der Waals surface area contributed by atoms with Gasteiger partial charge in [-0.1, -0.05) is 56.5 Å². The number of aromatic nitrogens is 2. The predicted octanol–water partition coefficient (Wildman–Crippen LogP) is 4.43. The summed E-state index contributed by atoms with van der Waals surface area (Å²) in [6.45, 7) is 5.00. The van der Waals surface area contributed by atoms with E-state index in [1.807, 2.05) is 6.07 Å². The Kier molecular flexibility index (Phi) is 8.27. The fourth-order valence-electron chi connectivity index (χ4n) is 3.61. The largest absolute Gasteiger partial charge is 0.356 e. The van der Waals surface area contributed by atoms with E-state index in [2.05, 4.69) is 45.8 Å². The number of nitrogens with zero attached hydrogens (tertiary/aromatic N) is 3. The third-order valence-corrected chi connectivity index (χ3v) is 6.21. The van der Waals surface area contributed by atoms with E-state index >= 15 is 0 Å².